The molecule has 1 saturated heterocycles. The number of H-pyrrole nitrogens is 1. The number of piperazine rings is 1. The third-order valence-corrected chi connectivity index (χ3v) is 2.95. The van der Waals surface area contributed by atoms with Crippen LogP contribution in [0.25, 0.3) is 0 Å². The first-order valence-electron chi connectivity index (χ1n) is 6.60. The Kier molecular flexibility index (Phi) is 3.68. The van der Waals surface area contributed by atoms with Crippen LogP contribution in [0.15, 0.2) is 6.07 Å². The predicted molar refractivity (Wildman–Crippen MR) is 73.3 cm³/mol. The van der Waals surface area contributed by atoms with Gasteiger partial charge in [-0.3, -0.25) is 5.10 Å². The van der Waals surface area contributed by atoms with Crippen LogP contribution in [0.2, 0.25) is 0 Å². The first-order chi connectivity index (χ1) is 8.85. The van der Waals surface area contributed by atoms with Crippen molar-refractivity contribution in [3.8, 4) is 0 Å². The number of hydrogen-bond acceptors (Lipinski definition) is 4. The Morgan fingerprint density at radius 1 is 1.32 bits per heavy atom. The zero-order valence-electron chi connectivity index (χ0n) is 12.1. The number of nitrogens with one attached hydrogen (secondary N) is 1. The van der Waals surface area contributed by atoms with Crippen molar-refractivity contribution >= 4 is 11.9 Å². The highest BCUT2D eigenvalue weighted by Crippen LogP contribution is 2.16. The molecule has 1 aliphatic rings. The summed E-state index contributed by atoms with van der Waals surface area (Å²) in [6.07, 6.45) is -0.231. The van der Waals surface area contributed by atoms with Gasteiger partial charge in [-0.15, -0.1) is 0 Å². The van der Waals surface area contributed by atoms with Crippen LogP contribution >= 0.6 is 0 Å². The molecule has 6 heteroatoms. The lowest BCUT2D eigenvalue weighted by Gasteiger charge is -2.35. The molecule has 0 atom stereocenters. The number of amides is 1. The topological polar surface area (TPSA) is 61.5 Å². The van der Waals surface area contributed by atoms with Gasteiger partial charge >= 0.3 is 6.09 Å². The minimum absolute atomic E-state index is 0.231. The second-order valence-corrected chi connectivity index (χ2v) is 5.86. The zero-order chi connectivity index (χ0) is 14.0. The second-order valence-electron chi connectivity index (χ2n) is 5.86. The van der Waals surface area contributed by atoms with Crippen LogP contribution in [-0.4, -0.2) is 53.0 Å². The van der Waals surface area contributed by atoms with Gasteiger partial charge < -0.3 is 14.5 Å². The fraction of sp³-hybridized carbons (Fsp3) is 0.692. The van der Waals surface area contributed by atoms with E-state index in [2.05, 4.69) is 15.1 Å². The first-order valence-corrected chi connectivity index (χ1v) is 6.60. The number of carbonyl (C=O) groups excluding carboxylic acids is 1. The average molecular weight is 266 g/mol. The third kappa shape index (κ3) is 3.62. The van der Waals surface area contributed by atoms with Crippen molar-refractivity contribution < 1.29 is 9.53 Å². The van der Waals surface area contributed by atoms with E-state index in [1.807, 2.05) is 33.8 Å². The number of hydrogen-bond donors (Lipinski definition) is 1. The van der Waals surface area contributed by atoms with Gasteiger partial charge in [-0.25, -0.2) is 4.79 Å². The molecular formula is C13H22N4O2. The molecule has 0 unspecified atom stereocenters. The highest BCUT2D eigenvalue weighted by molar-refractivity contribution is 5.68. The zero-order valence-corrected chi connectivity index (χ0v) is 12.1. The molecule has 1 aliphatic heterocycles. The van der Waals surface area contributed by atoms with Crippen LogP contribution in [0.4, 0.5) is 10.6 Å². The SMILES string of the molecule is Cc1cc(N2CCN(C(=O)OC(C)(C)C)CC2)n[nH]1. The molecule has 2 heterocycles. The molecule has 19 heavy (non-hydrogen) atoms. The van der Waals surface area contributed by atoms with Crippen LogP contribution in [0.1, 0.15) is 26.5 Å². The molecule has 6 nitrogen and oxygen atoms in total. The van der Waals surface area contributed by atoms with Gasteiger partial charge in [-0.1, -0.05) is 0 Å². The first kappa shape index (κ1) is 13.7. The molecule has 1 aromatic rings. The van der Waals surface area contributed by atoms with Crippen molar-refractivity contribution in [3.63, 3.8) is 0 Å². The van der Waals surface area contributed by atoms with Crippen LogP contribution in [0.5, 0.6) is 0 Å². The lowest BCUT2D eigenvalue weighted by Crippen LogP contribution is -2.50. The Balaban J connectivity index is 1.87. The molecule has 2 rings (SSSR count). The molecule has 0 radical (unpaired) electrons. The maximum Gasteiger partial charge on any atom is 0.410 e. The number of aromatic nitrogens is 2. The van der Waals surface area contributed by atoms with Gasteiger partial charge in [-0.05, 0) is 27.7 Å². The largest absolute Gasteiger partial charge is 0.444 e. The second kappa shape index (κ2) is 5.11. The number of rotatable bonds is 1. The van der Waals surface area contributed by atoms with Gasteiger partial charge in [-0.2, -0.15) is 5.10 Å². The summed E-state index contributed by atoms with van der Waals surface area (Å²) in [5.41, 5.74) is 0.609. The highest BCUT2D eigenvalue weighted by Gasteiger charge is 2.26. The van der Waals surface area contributed by atoms with E-state index in [1.54, 1.807) is 4.90 Å². The number of aryl methyl sites for hydroxylation is 1. The van der Waals surface area contributed by atoms with Gasteiger partial charge in [0.1, 0.15) is 5.60 Å². The van der Waals surface area contributed by atoms with Crippen molar-refractivity contribution in [1.82, 2.24) is 15.1 Å². The lowest BCUT2D eigenvalue weighted by atomic mass is 10.2. The quantitative estimate of drug-likeness (QED) is 0.841. The molecule has 0 bridgehead atoms. The van der Waals surface area contributed by atoms with Crippen LogP contribution in [0, 0.1) is 6.92 Å². The summed E-state index contributed by atoms with van der Waals surface area (Å²) < 4.78 is 5.37. The molecule has 0 aromatic carbocycles. The van der Waals surface area contributed by atoms with E-state index >= 15 is 0 Å². The molecular weight excluding hydrogens is 244 g/mol. The summed E-state index contributed by atoms with van der Waals surface area (Å²) in [6, 6.07) is 2.02. The van der Waals surface area contributed by atoms with Gasteiger partial charge in [0.2, 0.25) is 0 Å². The Morgan fingerprint density at radius 2 is 1.95 bits per heavy atom. The van der Waals surface area contributed by atoms with E-state index in [1.165, 1.54) is 0 Å². The van der Waals surface area contributed by atoms with Crippen molar-refractivity contribution in [1.29, 1.82) is 0 Å². The summed E-state index contributed by atoms with van der Waals surface area (Å²) in [6.45, 7) is 10.5. The van der Waals surface area contributed by atoms with Crippen LogP contribution in [0.3, 0.4) is 0 Å². The van der Waals surface area contributed by atoms with Gasteiger partial charge in [0.05, 0.1) is 0 Å². The fourth-order valence-corrected chi connectivity index (χ4v) is 2.01. The molecule has 1 amide bonds. The summed E-state index contributed by atoms with van der Waals surface area (Å²) in [5, 5.41) is 7.17. The average Bonchev–Trinajstić information content (AvgIpc) is 2.74. The van der Waals surface area contributed by atoms with E-state index < -0.39 is 5.60 Å². The van der Waals surface area contributed by atoms with Gasteiger partial charge in [0.15, 0.2) is 5.82 Å². The standard InChI is InChI=1S/C13H22N4O2/c1-10-9-11(15-14-10)16-5-7-17(8-6-16)12(18)19-13(2,3)4/h9H,5-8H2,1-4H3,(H,14,15). The number of anilines is 1. The monoisotopic (exact) mass is 266 g/mol. The molecule has 1 fully saturated rings. The number of carbonyl (C=O) groups is 1. The van der Waals surface area contributed by atoms with Gasteiger partial charge in [0, 0.05) is 37.9 Å². The number of aromatic amines is 1. The molecule has 0 saturated carbocycles. The van der Waals surface area contributed by atoms with Crippen LogP contribution < -0.4 is 4.90 Å². The third-order valence-electron chi connectivity index (χ3n) is 2.95. The maximum atomic E-state index is 11.9. The van der Waals surface area contributed by atoms with E-state index in [0.29, 0.717) is 13.1 Å². The number of nitrogens with zero attached hydrogens (tertiary/aromatic N) is 3. The van der Waals surface area contributed by atoms with E-state index in [0.717, 1.165) is 24.6 Å². The summed E-state index contributed by atoms with van der Waals surface area (Å²) >= 11 is 0. The van der Waals surface area contributed by atoms with Crippen molar-refractivity contribution in [3.05, 3.63) is 11.8 Å². The molecule has 106 valence electrons. The smallest absolute Gasteiger partial charge is 0.410 e. The maximum absolute atomic E-state index is 11.9. The summed E-state index contributed by atoms with van der Waals surface area (Å²) in [7, 11) is 0. The molecule has 1 N–H and O–H groups in total. The Hall–Kier alpha value is -1.72. The van der Waals surface area contributed by atoms with Crippen molar-refractivity contribution in [2.75, 3.05) is 31.1 Å². The van der Waals surface area contributed by atoms with E-state index in [-0.39, 0.29) is 6.09 Å². The van der Waals surface area contributed by atoms with Crippen LogP contribution in [-0.2, 0) is 4.74 Å². The molecule has 0 spiro atoms. The molecule has 0 aliphatic carbocycles. The Labute approximate surface area is 113 Å². The minimum Gasteiger partial charge on any atom is -0.444 e. The van der Waals surface area contributed by atoms with Gasteiger partial charge in [0.25, 0.3) is 0 Å². The Morgan fingerprint density at radius 3 is 2.42 bits per heavy atom. The molecule has 1 aromatic heterocycles. The normalized spacial score (nSPS) is 16.6. The Bertz CT molecular complexity index is 442. The number of ether oxygens (including phenoxy) is 1. The summed E-state index contributed by atoms with van der Waals surface area (Å²) in [5.74, 6) is 0.946. The lowest BCUT2D eigenvalue weighted by molar-refractivity contribution is 0.0240. The van der Waals surface area contributed by atoms with Crippen molar-refractivity contribution in [2.24, 2.45) is 0 Å². The minimum atomic E-state index is -0.437. The summed E-state index contributed by atoms with van der Waals surface area (Å²) in [4.78, 5) is 15.8. The van der Waals surface area contributed by atoms with Crippen molar-refractivity contribution in [2.45, 2.75) is 33.3 Å². The highest BCUT2D eigenvalue weighted by atomic mass is 16.6. The predicted octanol–water partition coefficient (Wildman–Crippen LogP) is 1.78. The fourth-order valence-electron chi connectivity index (χ4n) is 2.01. The van der Waals surface area contributed by atoms with E-state index in [4.69, 9.17) is 4.74 Å². The van der Waals surface area contributed by atoms with E-state index in [9.17, 15) is 4.79 Å².